The molecule has 0 saturated carbocycles. The van der Waals surface area contributed by atoms with Crippen molar-refractivity contribution < 1.29 is 18.9 Å². The molecule has 0 amide bonds. The molecule has 216 valence electrons. The molecule has 4 aromatic rings. The van der Waals surface area contributed by atoms with Gasteiger partial charge in [-0.05, 0) is 54.9 Å². The Morgan fingerprint density at radius 2 is 1.70 bits per heavy atom. The van der Waals surface area contributed by atoms with Crippen LogP contribution in [0.15, 0.2) is 48.8 Å². The predicted octanol–water partition coefficient (Wildman–Crippen LogP) is 7.49. The Morgan fingerprint density at radius 1 is 0.950 bits per heavy atom. The van der Waals surface area contributed by atoms with Crippen LogP contribution in [-0.2, 0) is 16.2 Å². The highest BCUT2D eigenvalue weighted by atomic mass is 28.3. The van der Waals surface area contributed by atoms with Gasteiger partial charge in [-0.2, -0.15) is 5.10 Å². The number of hydrogen-bond acceptors (Lipinski definition) is 6. The van der Waals surface area contributed by atoms with Gasteiger partial charge in [-0.25, -0.2) is 9.67 Å². The molecule has 0 aliphatic rings. The van der Waals surface area contributed by atoms with Crippen molar-refractivity contribution in [3.63, 3.8) is 0 Å². The summed E-state index contributed by atoms with van der Waals surface area (Å²) in [5.41, 5.74) is 3.68. The zero-order valence-corrected chi connectivity index (χ0v) is 27.2. The molecule has 0 fully saturated rings. The van der Waals surface area contributed by atoms with Crippen LogP contribution in [0.2, 0.25) is 51.4 Å². The van der Waals surface area contributed by atoms with Gasteiger partial charge < -0.3 is 23.9 Å². The van der Waals surface area contributed by atoms with E-state index in [1.165, 1.54) is 0 Å². The molecule has 0 spiro atoms. The fraction of sp³-hybridized carbons (Fsp3) is 0.467. The summed E-state index contributed by atoms with van der Waals surface area (Å²) in [5.74, 6) is 2.23. The first kappa shape index (κ1) is 30.0. The van der Waals surface area contributed by atoms with Crippen LogP contribution >= 0.6 is 0 Å². The van der Waals surface area contributed by atoms with Crippen molar-refractivity contribution in [2.24, 2.45) is 0 Å². The first-order valence-corrected chi connectivity index (χ1v) is 21.4. The van der Waals surface area contributed by atoms with Gasteiger partial charge >= 0.3 is 0 Å². The second-order valence-corrected chi connectivity index (χ2v) is 23.8. The van der Waals surface area contributed by atoms with E-state index in [1.54, 1.807) is 13.3 Å². The van der Waals surface area contributed by atoms with Crippen molar-refractivity contribution in [1.82, 2.24) is 19.7 Å². The molecular weight excluding hydrogens is 537 g/mol. The third-order valence-electron chi connectivity index (χ3n) is 6.68. The van der Waals surface area contributed by atoms with E-state index in [9.17, 15) is 0 Å². The molecule has 0 aliphatic heterocycles. The first-order chi connectivity index (χ1) is 18.9. The van der Waals surface area contributed by atoms with Crippen molar-refractivity contribution in [1.29, 1.82) is 0 Å². The molecule has 0 radical (unpaired) electrons. The van der Waals surface area contributed by atoms with Crippen molar-refractivity contribution >= 4 is 27.1 Å². The average Bonchev–Trinajstić information content (AvgIpc) is 3.53. The van der Waals surface area contributed by atoms with E-state index in [1.807, 2.05) is 36.0 Å². The van der Waals surface area contributed by atoms with Crippen LogP contribution in [0.1, 0.15) is 6.92 Å². The van der Waals surface area contributed by atoms with Crippen molar-refractivity contribution in [2.45, 2.75) is 71.3 Å². The van der Waals surface area contributed by atoms with Gasteiger partial charge in [-0.3, -0.25) is 0 Å². The van der Waals surface area contributed by atoms with E-state index < -0.39 is 16.1 Å². The normalized spacial score (nSPS) is 13.1. The Hall–Kier alpha value is -2.93. The summed E-state index contributed by atoms with van der Waals surface area (Å²) in [6.07, 6.45) is 3.18. The molecule has 10 heteroatoms. The number of H-pyrrole nitrogens is 1. The van der Waals surface area contributed by atoms with E-state index in [0.29, 0.717) is 13.3 Å². The van der Waals surface area contributed by atoms with E-state index in [0.717, 1.165) is 63.7 Å². The number of rotatable bonds is 14. The van der Waals surface area contributed by atoms with Crippen LogP contribution in [0, 0.1) is 0 Å². The van der Waals surface area contributed by atoms with Crippen molar-refractivity contribution in [3.8, 4) is 34.1 Å². The Morgan fingerprint density at radius 3 is 2.38 bits per heavy atom. The molecule has 1 atom stereocenters. The van der Waals surface area contributed by atoms with Gasteiger partial charge in [-0.1, -0.05) is 45.3 Å². The molecule has 2 heterocycles. The van der Waals surface area contributed by atoms with Crippen LogP contribution in [-0.4, -0.2) is 62.5 Å². The topological polar surface area (TPSA) is 83.4 Å². The molecule has 8 nitrogen and oxygen atoms in total. The largest absolute Gasteiger partial charge is 0.497 e. The number of hydrogen-bond donors (Lipinski definition) is 1. The summed E-state index contributed by atoms with van der Waals surface area (Å²) < 4.78 is 25.9. The molecule has 4 rings (SSSR count). The minimum Gasteiger partial charge on any atom is -0.497 e. The molecule has 0 bridgehead atoms. The zero-order valence-electron chi connectivity index (χ0n) is 25.2. The van der Waals surface area contributed by atoms with E-state index in [-0.39, 0.29) is 6.29 Å². The summed E-state index contributed by atoms with van der Waals surface area (Å²) in [6, 6.07) is 14.4. The lowest BCUT2D eigenvalue weighted by Gasteiger charge is -2.21. The molecule has 40 heavy (non-hydrogen) atoms. The van der Waals surface area contributed by atoms with Gasteiger partial charge in [0.05, 0.1) is 12.6 Å². The predicted molar refractivity (Wildman–Crippen MR) is 168 cm³/mol. The fourth-order valence-electron chi connectivity index (χ4n) is 4.25. The van der Waals surface area contributed by atoms with Crippen molar-refractivity contribution in [3.05, 3.63) is 48.8 Å². The summed E-state index contributed by atoms with van der Waals surface area (Å²) in [7, 11) is -0.701. The molecule has 1 N–H and O–H groups in total. The van der Waals surface area contributed by atoms with Crippen molar-refractivity contribution in [2.75, 3.05) is 20.3 Å². The third kappa shape index (κ3) is 8.06. The minimum absolute atomic E-state index is 0.370. The maximum absolute atomic E-state index is 6.31. The molecule has 2 aromatic carbocycles. The number of methoxy groups -OCH3 is 1. The second-order valence-electron chi connectivity index (χ2n) is 12.6. The van der Waals surface area contributed by atoms with Crippen LogP contribution in [0.4, 0.5) is 0 Å². The number of aromatic amines is 1. The Balaban J connectivity index is 1.66. The SMILES string of the molecule is COc1ccc(OC(C)OCC[Si](C)(C)C)c(-c2ccc3c(-c4ncc[nH]4)nn(COCC[Si](C)(C)C)c3c2)c1. The van der Waals surface area contributed by atoms with E-state index in [2.05, 4.69) is 67.4 Å². The van der Waals surface area contributed by atoms with E-state index in [4.69, 9.17) is 24.0 Å². The number of nitrogens with zero attached hydrogens (tertiary/aromatic N) is 3. The Labute approximate surface area is 240 Å². The second kappa shape index (κ2) is 12.7. The summed E-state index contributed by atoms with van der Waals surface area (Å²) in [5, 5.41) is 5.90. The highest BCUT2D eigenvalue weighted by Crippen LogP contribution is 2.37. The fourth-order valence-corrected chi connectivity index (χ4v) is 5.73. The van der Waals surface area contributed by atoms with Gasteiger partial charge in [0.2, 0.25) is 0 Å². The molecule has 0 saturated heterocycles. The molecule has 0 aliphatic carbocycles. The van der Waals surface area contributed by atoms with Gasteiger partial charge in [-0.15, -0.1) is 0 Å². The molecule has 2 aromatic heterocycles. The van der Waals surface area contributed by atoms with Crippen LogP contribution in [0.25, 0.3) is 33.5 Å². The maximum atomic E-state index is 6.31. The van der Waals surface area contributed by atoms with Crippen LogP contribution in [0.5, 0.6) is 11.5 Å². The van der Waals surface area contributed by atoms with Gasteiger partial charge in [0.25, 0.3) is 0 Å². The number of ether oxygens (including phenoxy) is 4. The lowest BCUT2D eigenvalue weighted by molar-refractivity contribution is -0.0612. The molecular formula is C30H44N4O4Si2. The summed E-state index contributed by atoms with van der Waals surface area (Å²) in [6.45, 7) is 17.8. The summed E-state index contributed by atoms with van der Waals surface area (Å²) in [4.78, 5) is 7.65. The highest BCUT2D eigenvalue weighted by Gasteiger charge is 2.19. The number of aromatic nitrogens is 4. The monoisotopic (exact) mass is 580 g/mol. The number of fused-ring (bicyclic) bond motifs is 1. The average molecular weight is 581 g/mol. The molecule has 1 unspecified atom stereocenters. The zero-order chi connectivity index (χ0) is 28.9. The summed E-state index contributed by atoms with van der Waals surface area (Å²) >= 11 is 0. The standard InChI is InChI=1S/C30H44N4O4Si2/c1-22(37-16-18-40(6,7)8)38-28-12-10-24(35-2)20-26(28)23-9-11-25-27(19-23)34(21-36-15-17-39(3,4)5)33-29(25)30-31-13-14-32-30/h9-14,19-20,22H,15-18,21H2,1-8H3,(H,31,32). The third-order valence-corrected chi connectivity index (χ3v) is 10.1. The van der Waals surface area contributed by atoms with Gasteiger partial charge in [0, 0.05) is 52.7 Å². The van der Waals surface area contributed by atoms with Gasteiger partial charge in [0.1, 0.15) is 23.9 Å². The Bertz CT molecular complexity index is 1390. The smallest absolute Gasteiger partial charge is 0.196 e. The van der Waals surface area contributed by atoms with E-state index >= 15 is 0 Å². The van der Waals surface area contributed by atoms with Crippen LogP contribution in [0.3, 0.4) is 0 Å². The highest BCUT2D eigenvalue weighted by molar-refractivity contribution is 6.76. The number of benzene rings is 2. The van der Waals surface area contributed by atoms with Crippen LogP contribution < -0.4 is 9.47 Å². The van der Waals surface area contributed by atoms with Gasteiger partial charge in [0.15, 0.2) is 12.1 Å². The number of nitrogens with one attached hydrogen (secondary N) is 1. The quantitative estimate of drug-likeness (QED) is 0.0945. The first-order valence-electron chi connectivity index (χ1n) is 14.0. The lowest BCUT2D eigenvalue weighted by Crippen LogP contribution is -2.25. The number of imidazole rings is 1. The lowest BCUT2D eigenvalue weighted by atomic mass is 10.0. The Kier molecular flexibility index (Phi) is 9.55. The maximum Gasteiger partial charge on any atom is 0.196 e. The minimum atomic E-state index is -1.19.